The Morgan fingerprint density at radius 1 is 1.32 bits per heavy atom. The monoisotopic (exact) mass is 353 g/mol. The molecule has 2 N–H and O–H groups in total. The average molecular weight is 353 g/mol. The van der Waals surface area contributed by atoms with Crippen LogP contribution in [0.4, 0.5) is 5.69 Å². The normalized spacial score (nSPS) is 19.5. The summed E-state index contributed by atoms with van der Waals surface area (Å²) in [5.41, 5.74) is -0.765. The van der Waals surface area contributed by atoms with Crippen molar-refractivity contribution in [1.29, 1.82) is 0 Å². The molecule has 1 aliphatic heterocycles. The molecular weight excluding hydrogens is 330 g/mol. The topological polar surface area (TPSA) is 112 Å². The number of rotatable bonds is 8. The van der Waals surface area contributed by atoms with Crippen molar-refractivity contribution in [2.24, 2.45) is 0 Å². The number of hydrogen-bond acceptors (Lipinski definition) is 7. The number of nitro benzene ring substituents is 1. The second kappa shape index (κ2) is 8.13. The molecule has 0 spiro atoms. The maximum absolute atomic E-state index is 12.6. The van der Waals surface area contributed by atoms with Gasteiger partial charge in [-0.1, -0.05) is 0 Å². The van der Waals surface area contributed by atoms with Crippen LogP contribution in [0.1, 0.15) is 23.2 Å². The first-order valence-electron chi connectivity index (χ1n) is 7.89. The summed E-state index contributed by atoms with van der Waals surface area (Å²) in [6, 6.07) is 2.50. The highest BCUT2D eigenvalue weighted by Crippen LogP contribution is 2.34. The summed E-state index contributed by atoms with van der Waals surface area (Å²) in [4.78, 5) is 23.3. The summed E-state index contributed by atoms with van der Waals surface area (Å²) in [5, 5.41) is 17.4. The molecule has 138 valence electrons. The molecule has 0 radical (unpaired) electrons. The first-order chi connectivity index (χ1) is 12.0. The lowest BCUT2D eigenvalue weighted by atomic mass is 9.98. The summed E-state index contributed by atoms with van der Waals surface area (Å²) in [6.45, 7) is 1.60. The number of carbonyl (C=O) groups excluding carboxylic acids is 1. The Morgan fingerprint density at radius 2 is 2.00 bits per heavy atom. The van der Waals surface area contributed by atoms with Gasteiger partial charge in [-0.3, -0.25) is 14.9 Å². The molecule has 1 heterocycles. The smallest absolute Gasteiger partial charge is 0.286 e. The summed E-state index contributed by atoms with van der Waals surface area (Å²) in [7, 11) is 4.38. The van der Waals surface area contributed by atoms with E-state index in [9.17, 15) is 14.9 Å². The van der Waals surface area contributed by atoms with Gasteiger partial charge in [-0.15, -0.1) is 0 Å². The third kappa shape index (κ3) is 4.18. The number of amides is 1. The van der Waals surface area contributed by atoms with Gasteiger partial charge in [-0.05, 0) is 19.4 Å². The molecule has 9 nitrogen and oxygen atoms in total. The van der Waals surface area contributed by atoms with E-state index >= 15 is 0 Å². The van der Waals surface area contributed by atoms with E-state index in [1.54, 1.807) is 7.11 Å². The summed E-state index contributed by atoms with van der Waals surface area (Å²) < 4.78 is 15.4. The molecule has 0 saturated carbocycles. The largest absolute Gasteiger partial charge is 0.493 e. The van der Waals surface area contributed by atoms with Crippen LogP contribution in [-0.2, 0) is 4.74 Å². The Bertz CT molecular complexity index is 643. The molecule has 25 heavy (non-hydrogen) atoms. The van der Waals surface area contributed by atoms with Crippen molar-refractivity contribution in [2.75, 3.05) is 41.0 Å². The van der Waals surface area contributed by atoms with Gasteiger partial charge in [0.25, 0.3) is 11.6 Å². The van der Waals surface area contributed by atoms with Crippen LogP contribution >= 0.6 is 0 Å². The van der Waals surface area contributed by atoms with Gasteiger partial charge in [0.2, 0.25) is 0 Å². The first kappa shape index (κ1) is 18.9. The van der Waals surface area contributed by atoms with E-state index in [0.717, 1.165) is 19.4 Å². The fraction of sp³-hybridized carbons (Fsp3) is 0.562. The second-order valence-corrected chi connectivity index (χ2v) is 5.91. The minimum absolute atomic E-state index is 0.0757. The predicted octanol–water partition coefficient (Wildman–Crippen LogP) is 1.11. The Morgan fingerprint density at radius 3 is 2.52 bits per heavy atom. The fourth-order valence-electron chi connectivity index (χ4n) is 3.02. The maximum atomic E-state index is 12.6. The van der Waals surface area contributed by atoms with Crippen LogP contribution in [-0.4, -0.2) is 57.4 Å². The van der Waals surface area contributed by atoms with Crippen LogP contribution in [0, 0.1) is 10.1 Å². The van der Waals surface area contributed by atoms with Gasteiger partial charge >= 0.3 is 0 Å². The number of benzene rings is 1. The van der Waals surface area contributed by atoms with Gasteiger partial charge in [-0.25, -0.2) is 0 Å². The van der Waals surface area contributed by atoms with Gasteiger partial charge in [0.15, 0.2) is 11.5 Å². The van der Waals surface area contributed by atoms with E-state index in [2.05, 4.69) is 10.6 Å². The van der Waals surface area contributed by atoms with E-state index in [1.165, 1.54) is 26.4 Å². The third-order valence-electron chi connectivity index (χ3n) is 4.28. The van der Waals surface area contributed by atoms with Gasteiger partial charge in [-0.2, -0.15) is 0 Å². The van der Waals surface area contributed by atoms with Crippen molar-refractivity contribution in [3.63, 3.8) is 0 Å². The summed E-state index contributed by atoms with van der Waals surface area (Å²) in [6.07, 6.45) is 1.84. The molecule has 9 heteroatoms. The van der Waals surface area contributed by atoms with Crippen molar-refractivity contribution in [3.05, 3.63) is 27.8 Å². The summed E-state index contributed by atoms with van der Waals surface area (Å²) >= 11 is 0. The molecule has 1 saturated heterocycles. The Balaban J connectivity index is 2.24. The van der Waals surface area contributed by atoms with Crippen LogP contribution in [0.2, 0.25) is 0 Å². The predicted molar refractivity (Wildman–Crippen MR) is 90.4 cm³/mol. The lowest BCUT2D eigenvalue weighted by molar-refractivity contribution is -0.385. The van der Waals surface area contributed by atoms with Gasteiger partial charge in [0, 0.05) is 19.7 Å². The molecule has 1 unspecified atom stereocenters. The van der Waals surface area contributed by atoms with Crippen molar-refractivity contribution in [3.8, 4) is 11.5 Å². The van der Waals surface area contributed by atoms with Crippen molar-refractivity contribution >= 4 is 11.6 Å². The third-order valence-corrected chi connectivity index (χ3v) is 4.28. The minimum Gasteiger partial charge on any atom is -0.493 e. The SMILES string of the molecule is COCC1(CNC(=O)c2cc(OC)c(OC)cc2[N+](=O)[O-])CCCN1. The lowest BCUT2D eigenvalue weighted by Gasteiger charge is -2.29. The zero-order chi connectivity index (χ0) is 18.4. The number of nitrogens with one attached hydrogen (secondary N) is 2. The van der Waals surface area contributed by atoms with E-state index in [4.69, 9.17) is 14.2 Å². The molecule has 0 bridgehead atoms. The minimum atomic E-state index is -0.615. The molecule has 1 aromatic carbocycles. The molecule has 1 aromatic rings. The van der Waals surface area contributed by atoms with E-state index in [-0.39, 0.29) is 28.3 Å². The molecule has 2 rings (SSSR count). The van der Waals surface area contributed by atoms with Gasteiger partial charge < -0.3 is 24.8 Å². The van der Waals surface area contributed by atoms with Crippen LogP contribution in [0.15, 0.2) is 12.1 Å². The molecule has 1 atom stereocenters. The zero-order valence-electron chi connectivity index (χ0n) is 14.6. The highest BCUT2D eigenvalue weighted by Gasteiger charge is 2.34. The van der Waals surface area contributed by atoms with Crippen molar-refractivity contribution in [2.45, 2.75) is 18.4 Å². The van der Waals surface area contributed by atoms with Crippen LogP contribution < -0.4 is 20.1 Å². The van der Waals surface area contributed by atoms with Crippen LogP contribution in [0.3, 0.4) is 0 Å². The fourth-order valence-corrected chi connectivity index (χ4v) is 3.02. The Kier molecular flexibility index (Phi) is 6.16. The number of carbonyl (C=O) groups is 1. The molecule has 1 aliphatic rings. The summed E-state index contributed by atoms with van der Waals surface area (Å²) in [5.74, 6) is -0.0975. The van der Waals surface area contributed by atoms with Crippen LogP contribution in [0.5, 0.6) is 11.5 Å². The number of nitrogens with zero attached hydrogens (tertiary/aromatic N) is 1. The zero-order valence-corrected chi connectivity index (χ0v) is 14.6. The van der Waals surface area contributed by atoms with Gasteiger partial charge in [0.1, 0.15) is 5.56 Å². The van der Waals surface area contributed by atoms with Crippen LogP contribution in [0.25, 0.3) is 0 Å². The Hall–Kier alpha value is -2.39. The molecular formula is C16H23N3O6. The molecule has 1 fully saturated rings. The number of methoxy groups -OCH3 is 3. The van der Waals surface area contributed by atoms with Crippen molar-refractivity contribution in [1.82, 2.24) is 10.6 Å². The molecule has 0 aliphatic carbocycles. The first-order valence-corrected chi connectivity index (χ1v) is 7.89. The maximum Gasteiger partial charge on any atom is 0.286 e. The van der Waals surface area contributed by atoms with E-state index < -0.39 is 10.8 Å². The Labute approximate surface area is 145 Å². The quantitative estimate of drug-likeness (QED) is 0.532. The van der Waals surface area contributed by atoms with Gasteiger partial charge in [0.05, 0.1) is 37.4 Å². The number of nitro groups is 1. The highest BCUT2D eigenvalue weighted by atomic mass is 16.6. The number of ether oxygens (including phenoxy) is 3. The van der Waals surface area contributed by atoms with E-state index in [0.29, 0.717) is 13.2 Å². The van der Waals surface area contributed by atoms with E-state index in [1.807, 2.05) is 0 Å². The molecule has 0 aromatic heterocycles. The molecule has 1 amide bonds. The highest BCUT2D eigenvalue weighted by molar-refractivity contribution is 5.99. The van der Waals surface area contributed by atoms with Crippen molar-refractivity contribution < 1.29 is 23.9 Å². The standard InChI is InChI=1S/C16H23N3O6/c1-23-10-16(5-4-6-18-16)9-17-15(20)11-7-13(24-2)14(25-3)8-12(11)19(21)22/h7-8,18H,4-6,9-10H2,1-3H3,(H,17,20). The number of hydrogen-bond donors (Lipinski definition) is 2. The lowest BCUT2D eigenvalue weighted by Crippen LogP contribution is -2.53. The second-order valence-electron chi connectivity index (χ2n) is 5.91. The average Bonchev–Trinajstić information content (AvgIpc) is 3.07.